The molecule has 1 aliphatic rings. The maximum atomic E-state index is 10.9. The SMILES string of the molecule is C.C=c1nc2cc(C)c(=C(O)C3CCC(OC)CC3)cc2cc1CC. The molecule has 0 amide bonds. The zero-order chi connectivity index (χ0) is 17.3. The van der Waals surface area contributed by atoms with Crippen LogP contribution in [0.3, 0.4) is 0 Å². The summed E-state index contributed by atoms with van der Waals surface area (Å²) >= 11 is 0. The standard InChI is InChI=1S/C21H27NO2.CH4/c1-5-15-11-17-12-19(13(2)10-20(17)22-14(15)3)21(23)16-6-8-18(24-4)9-7-16;/h10-12,16,18,23H,3,5-9H2,1-2,4H3;1H4. The lowest BCUT2D eigenvalue weighted by Gasteiger charge is -2.27. The van der Waals surface area contributed by atoms with Crippen LogP contribution < -0.4 is 10.6 Å². The van der Waals surface area contributed by atoms with Crippen molar-refractivity contribution in [3.63, 3.8) is 0 Å². The number of hydrogen-bond acceptors (Lipinski definition) is 3. The van der Waals surface area contributed by atoms with E-state index in [1.54, 1.807) is 7.11 Å². The first-order chi connectivity index (χ1) is 11.5. The van der Waals surface area contributed by atoms with Crippen LogP contribution in [0.15, 0.2) is 18.2 Å². The second kappa shape index (κ2) is 8.01. The molecule has 25 heavy (non-hydrogen) atoms. The van der Waals surface area contributed by atoms with Gasteiger partial charge in [0.05, 0.1) is 17.0 Å². The fourth-order valence-corrected chi connectivity index (χ4v) is 3.78. The molecule has 0 radical (unpaired) electrons. The van der Waals surface area contributed by atoms with Crippen molar-refractivity contribution in [2.45, 2.75) is 59.5 Å². The van der Waals surface area contributed by atoms with E-state index in [1.165, 1.54) is 0 Å². The molecule has 1 fully saturated rings. The summed E-state index contributed by atoms with van der Waals surface area (Å²) in [6.45, 7) is 8.20. The van der Waals surface area contributed by atoms with Crippen molar-refractivity contribution < 1.29 is 9.84 Å². The Hall–Kier alpha value is -1.87. The monoisotopic (exact) mass is 341 g/mol. The quantitative estimate of drug-likeness (QED) is 0.917. The van der Waals surface area contributed by atoms with E-state index >= 15 is 0 Å². The summed E-state index contributed by atoms with van der Waals surface area (Å²) in [5.41, 5.74) is 3.19. The minimum Gasteiger partial charge on any atom is -0.511 e. The van der Waals surface area contributed by atoms with Gasteiger partial charge in [-0.25, -0.2) is 4.98 Å². The third kappa shape index (κ3) is 3.87. The molecule has 2 aromatic rings. The van der Waals surface area contributed by atoms with E-state index in [9.17, 15) is 5.11 Å². The lowest BCUT2D eigenvalue weighted by Crippen LogP contribution is -2.24. The smallest absolute Gasteiger partial charge is 0.103 e. The fraction of sp³-hybridized carbons (Fsp3) is 0.500. The van der Waals surface area contributed by atoms with Crippen LogP contribution in [-0.4, -0.2) is 23.3 Å². The van der Waals surface area contributed by atoms with Crippen LogP contribution in [0.2, 0.25) is 0 Å². The number of aromatic nitrogens is 1. The van der Waals surface area contributed by atoms with Gasteiger partial charge in [0.2, 0.25) is 0 Å². The topological polar surface area (TPSA) is 42.4 Å². The van der Waals surface area contributed by atoms with Gasteiger partial charge < -0.3 is 9.84 Å². The van der Waals surface area contributed by atoms with Crippen LogP contribution in [0.5, 0.6) is 0 Å². The van der Waals surface area contributed by atoms with Gasteiger partial charge in [0.25, 0.3) is 0 Å². The zero-order valence-corrected chi connectivity index (χ0v) is 14.9. The third-order valence-electron chi connectivity index (χ3n) is 5.38. The number of hydrogen-bond donors (Lipinski definition) is 1. The summed E-state index contributed by atoms with van der Waals surface area (Å²) in [6, 6.07) is 6.31. The largest absolute Gasteiger partial charge is 0.511 e. The molecule has 136 valence electrons. The molecule has 1 aromatic heterocycles. The molecule has 3 heteroatoms. The number of benzene rings is 1. The zero-order valence-electron chi connectivity index (χ0n) is 14.9. The van der Waals surface area contributed by atoms with E-state index in [1.807, 2.05) is 6.92 Å². The number of pyridine rings is 1. The van der Waals surface area contributed by atoms with Gasteiger partial charge in [0, 0.05) is 23.6 Å². The average Bonchev–Trinajstić information content (AvgIpc) is 2.60. The molecule has 1 aliphatic carbocycles. The van der Waals surface area contributed by atoms with E-state index in [0.717, 1.165) is 64.7 Å². The predicted molar refractivity (Wildman–Crippen MR) is 106 cm³/mol. The highest BCUT2D eigenvalue weighted by molar-refractivity contribution is 5.80. The van der Waals surface area contributed by atoms with Gasteiger partial charge in [-0.1, -0.05) is 20.9 Å². The first-order valence-electron chi connectivity index (χ1n) is 8.88. The van der Waals surface area contributed by atoms with Gasteiger partial charge in [-0.05, 0) is 68.4 Å². The minimum absolute atomic E-state index is 0. The molecule has 0 unspecified atom stereocenters. The van der Waals surface area contributed by atoms with Gasteiger partial charge in [-0.15, -0.1) is 0 Å². The van der Waals surface area contributed by atoms with Crippen LogP contribution in [0.25, 0.3) is 23.2 Å². The van der Waals surface area contributed by atoms with Crippen LogP contribution in [0.4, 0.5) is 0 Å². The summed E-state index contributed by atoms with van der Waals surface area (Å²) in [6.07, 6.45) is 5.27. The lowest BCUT2D eigenvalue weighted by molar-refractivity contribution is 0.0609. The number of aryl methyl sites for hydroxylation is 2. The Morgan fingerprint density at radius 3 is 2.52 bits per heavy atom. The van der Waals surface area contributed by atoms with Crippen molar-refractivity contribution in [3.05, 3.63) is 39.9 Å². The van der Waals surface area contributed by atoms with Gasteiger partial charge in [-0.2, -0.15) is 0 Å². The number of ether oxygens (including phenoxy) is 1. The Kier molecular flexibility index (Phi) is 6.23. The van der Waals surface area contributed by atoms with Crippen LogP contribution in [-0.2, 0) is 11.2 Å². The lowest BCUT2D eigenvalue weighted by atomic mass is 9.85. The molecule has 0 saturated heterocycles. The number of fused-ring (bicyclic) bond motifs is 1. The molecular formula is C22H31NO2. The molecule has 0 atom stereocenters. The summed E-state index contributed by atoms with van der Waals surface area (Å²) < 4.78 is 5.44. The van der Waals surface area contributed by atoms with Crippen LogP contribution in [0, 0.1) is 12.8 Å². The highest BCUT2D eigenvalue weighted by Crippen LogP contribution is 2.30. The molecule has 1 heterocycles. The van der Waals surface area contributed by atoms with E-state index < -0.39 is 0 Å². The third-order valence-corrected chi connectivity index (χ3v) is 5.38. The molecule has 1 N–H and O–H groups in total. The summed E-state index contributed by atoms with van der Waals surface area (Å²) in [7, 11) is 1.78. The summed E-state index contributed by atoms with van der Waals surface area (Å²) in [5.74, 6) is 0.763. The Morgan fingerprint density at radius 1 is 1.24 bits per heavy atom. The highest BCUT2D eigenvalue weighted by atomic mass is 16.5. The van der Waals surface area contributed by atoms with E-state index in [0.29, 0.717) is 11.9 Å². The molecule has 0 spiro atoms. The first-order valence-corrected chi connectivity index (χ1v) is 8.88. The van der Waals surface area contributed by atoms with Crippen molar-refractivity contribution in [1.82, 2.24) is 4.98 Å². The molecule has 3 rings (SSSR count). The molecule has 1 saturated carbocycles. The second-order valence-corrected chi connectivity index (χ2v) is 6.90. The molecule has 0 bridgehead atoms. The summed E-state index contributed by atoms with van der Waals surface area (Å²) in [5, 5.41) is 13.8. The molecular weight excluding hydrogens is 310 g/mol. The number of aliphatic hydroxyl groups is 1. The minimum atomic E-state index is 0. The summed E-state index contributed by atoms with van der Waals surface area (Å²) in [4.78, 5) is 4.62. The number of nitrogens with zero attached hydrogens (tertiary/aromatic N) is 1. The number of rotatable bonds is 3. The maximum absolute atomic E-state index is 10.9. The van der Waals surface area contributed by atoms with Gasteiger partial charge in [0.15, 0.2) is 0 Å². The molecule has 1 aromatic carbocycles. The van der Waals surface area contributed by atoms with Crippen molar-refractivity contribution in [3.8, 4) is 0 Å². The predicted octanol–water partition coefficient (Wildman–Crippen LogP) is 4.02. The first kappa shape index (κ1) is 19.5. The number of methoxy groups -OCH3 is 1. The van der Waals surface area contributed by atoms with Crippen LogP contribution >= 0.6 is 0 Å². The fourth-order valence-electron chi connectivity index (χ4n) is 3.78. The van der Waals surface area contributed by atoms with E-state index in [4.69, 9.17) is 4.74 Å². The Balaban J connectivity index is 0.00000225. The Bertz CT molecular complexity index is 848. The Morgan fingerprint density at radius 2 is 1.92 bits per heavy atom. The van der Waals surface area contributed by atoms with E-state index in [-0.39, 0.29) is 13.3 Å². The Labute approximate surface area is 151 Å². The maximum Gasteiger partial charge on any atom is 0.103 e. The second-order valence-electron chi connectivity index (χ2n) is 6.90. The van der Waals surface area contributed by atoms with Gasteiger partial charge >= 0.3 is 0 Å². The molecule has 0 aliphatic heterocycles. The van der Waals surface area contributed by atoms with Crippen molar-refractivity contribution >= 4 is 23.2 Å². The van der Waals surface area contributed by atoms with Crippen molar-refractivity contribution in [1.29, 1.82) is 0 Å². The normalized spacial score (nSPS) is 21.7. The van der Waals surface area contributed by atoms with Gasteiger partial charge in [-0.3, -0.25) is 0 Å². The van der Waals surface area contributed by atoms with E-state index in [2.05, 4.69) is 36.7 Å². The molecule has 3 nitrogen and oxygen atoms in total. The van der Waals surface area contributed by atoms with Crippen molar-refractivity contribution in [2.75, 3.05) is 7.11 Å². The average molecular weight is 341 g/mol. The highest BCUT2D eigenvalue weighted by Gasteiger charge is 2.24. The van der Waals surface area contributed by atoms with Crippen LogP contribution in [0.1, 0.15) is 51.2 Å². The van der Waals surface area contributed by atoms with Gasteiger partial charge in [0.1, 0.15) is 5.76 Å². The van der Waals surface area contributed by atoms with Crippen molar-refractivity contribution in [2.24, 2.45) is 5.92 Å². The number of aliphatic hydroxyl groups excluding tert-OH is 1.